The van der Waals surface area contributed by atoms with Gasteiger partial charge in [0.25, 0.3) is 0 Å². The van der Waals surface area contributed by atoms with E-state index in [2.05, 4.69) is 4.99 Å². The Hall–Kier alpha value is -1.90. The van der Waals surface area contributed by atoms with E-state index in [1.165, 1.54) is 6.07 Å². The second-order valence-electron chi connectivity index (χ2n) is 3.32. The third kappa shape index (κ3) is 2.31. The fourth-order valence-corrected chi connectivity index (χ4v) is 1.30. The van der Waals surface area contributed by atoms with Gasteiger partial charge in [0.05, 0.1) is 5.69 Å². The van der Waals surface area contributed by atoms with E-state index < -0.39 is 0 Å². The summed E-state index contributed by atoms with van der Waals surface area (Å²) in [6, 6.07) is 8.38. The molecule has 2 aromatic rings. The lowest BCUT2D eigenvalue weighted by Crippen LogP contribution is -1.80. The highest BCUT2D eigenvalue weighted by Crippen LogP contribution is 2.15. The van der Waals surface area contributed by atoms with Crippen molar-refractivity contribution in [1.82, 2.24) is 4.57 Å². The van der Waals surface area contributed by atoms with Gasteiger partial charge in [0.1, 0.15) is 5.82 Å². The maximum absolute atomic E-state index is 13.2. The second-order valence-corrected chi connectivity index (χ2v) is 3.32. The Morgan fingerprint density at radius 3 is 2.73 bits per heavy atom. The summed E-state index contributed by atoms with van der Waals surface area (Å²) in [6.07, 6.45) is 5.49. The van der Waals surface area contributed by atoms with Gasteiger partial charge in [-0.15, -0.1) is 0 Å². The number of aliphatic imine (C=N–C) groups is 1. The zero-order valence-electron chi connectivity index (χ0n) is 8.39. The van der Waals surface area contributed by atoms with E-state index >= 15 is 0 Å². The molecule has 0 unspecified atom stereocenters. The summed E-state index contributed by atoms with van der Waals surface area (Å²) in [5.41, 5.74) is 1.32. The second kappa shape index (κ2) is 4.09. The molecule has 0 aliphatic rings. The number of aryl methyl sites for hydroxylation is 1. The van der Waals surface area contributed by atoms with E-state index in [0.717, 1.165) is 5.56 Å². The van der Waals surface area contributed by atoms with Crippen LogP contribution >= 0.6 is 0 Å². The molecule has 2 nitrogen and oxygen atoms in total. The van der Waals surface area contributed by atoms with E-state index in [0.29, 0.717) is 5.69 Å². The van der Waals surface area contributed by atoms with Gasteiger partial charge in [0, 0.05) is 31.2 Å². The molecule has 3 heteroatoms. The van der Waals surface area contributed by atoms with Gasteiger partial charge in [0.15, 0.2) is 0 Å². The maximum Gasteiger partial charge on any atom is 0.148 e. The van der Waals surface area contributed by atoms with Crippen LogP contribution in [0.3, 0.4) is 0 Å². The van der Waals surface area contributed by atoms with Crippen molar-refractivity contribution in [1.29, 1.82) is 0 Å². The van der Waals surface area contributed by atoms with E-state index in [9.17, 15) is 4.39 Å². The van der Waals surface area contributed by atoms with Crippen LogP contribution in [0.5, 0.6) is 0 Å². The van der Waals surface area contributed by atoms with Gasteiger partial charge in [-0.3, -0.25) is 4.99 Å². The fraction of sp³-hybridized carbons (Fsp3) is 0.0833. The van der Waals surface area contributed by atoms with Crippen molar-refractivity contribution in [2.45, 2.75) is 0 Å². The van der Waals surface area contributed by atoms with E-state index in [1.807, 2.05) is 30.1 Å². The third-order valence-corrected chi connectivity index (χ3v) is 2.06. The van der Waals surface area contributed by atoms with Crippen molar-refractivity contribution in [3.63, 3.8) is 0 Å². The summed E-state index contributed by atoms with van der Waals surface area (Å²) in [4.78, 5) is 4.08. The van der Waals surface area contributed by atoms with Crippen LogP contribution in [0, 0.1) is 5.82 Å². The Bertz CT molecular complexity index is 486. The number of para-hydroxylation sites is 1. The van der Waals surface area contributed by atoms with Crippen LogP contribution in [-0.4, -0.2) is 10.8 Å². The normalized spacial score (nSPS) is 11.1. The van der Waals surface area contributed by atoms with Gasteiger partial charge >= 0.3 is 0 Å². The number of aromatic nitrogens is 1. The number of rotatable bonds is 2. The largest absolute Gasteiger partial charge is 0.357 e. The number of nitrogens with zero attached hydrogens (tertiary/aromatic N) is 2. The number of benzene rings is 1. The SMILES string of the molecule is Cn1ccc(C=Nc2ccccc2F)c1. The molecule has 0 atom stereocenters. The first-order chi connectivity index (χ1) is 7.25. The molecule has 0 N–H and O–H groups in total. The molecule has 0 fully saturated rings. The van der Waals surface area contributed by atoms with Crippen LogP contribution in [0.25, 0.3) is 0 Å². The topological polar surface area (TPSA) is 17.3 Å². The Morgan fingerprint density at radius 2 is 2.07 bits per heavy atom. The Kier molecular flexibility index (Phi) is 2.63. The molecule has 0 saturated carbocycles. The highest BCUT2D eigenvalue weighted by Gasteiger charge is 1.96. The lowest BCUT2D eigenvalue weighted by atomic mass is 10.3. The van der Waals surface area contributed by atoms with E-state index in [1.54, 1.807) is 24.4 Å². The van der Waals surface area contributed by atoms with Crippen molar-refractivity contribution in [2.75, 3.05) is 0 Å². The van der Waals surface area contributed by atoms with E-state index in [-0.39, 0.29) is 5.82 Å². The molecule has 0 amide bonds. The first kappa shape index (κ1) is 9.65. The van der Waals surface area contributed by atoms with Crippen LogP contribution in [0.1, 0.15) is 5.56 Å². The lowest BCUT2D eigenvalue weighted by Gasteiger charge is -1.93. The van der Waals surface area contributed by atoms with Gasteiger partial charge in [-0.05, 0) is 18.2 Å². The molecule has 0 aliphatic carbocycles. The molecule has 1 heterocycles. The first-order valence-corrected chi connectivity index (χ1v) is 4.66. The molecule has 0 spiro atoms. The van der Waals surface area contributed by atoms with Gasteiger partial charge in [-0.1, -0.05) is 12.1 Å². The number of hydrogen-bond donors (Lipinski definition) is 0. The zero-order chi connectivity index (χ0) is 10.7. The average Bonchev–Trinajstić information content (AvgIpc) is 2.63. The summed E-state index contributed by atoms with van der Waals surface area (Å²) < 4.78 is 15.1. The standard InChI is InChI=1S/C12H11FN2/c1-15-7-6-10(9-15)8-14-12-5-3-2-4-11(12)13/h2-9H,1H3. The molecule has 1 aromatic carbocycles. The summed E-state index contributed by atoms with van der Waals surface area (Å²) in [5.74, 6) is -0.301. The molecule has 1 aromatic heterocycles. The Labute approximate surface area is 87.7 Å². The predicted molar refractivity (Wildman–Crippen MR) is 59.1 cm³/mol. The minimum absolute atomic E-state index is 0.301. The minimum Gasteiger partial charge on any atom is -0.357 e. The number of halogens is 1. The van der Waals surface area contributed by atoms with Crippen LogP contribution < -0.4 is 0 Å². The molecule has 15 heavy (non-hydrogen) atoms. The fourth-order valence-electron chi connectivity index (χ4n) is 1.30. The van der Waals surface area contributed by atoms with Gasteiger partial charge in [0.2, 0.25) is 0 Å². The first-order valence-electron chi connectivity index (χ1n) is 4.66. The molecule has 0 saturated heterocycles. The molecule has 0 bridgehead atoms. The monoisotopic (exact) mass is 202 g/mol. The quantitative estimate of drug-likeness (QED) is 0.666. The van der Waals surface area contributed by atoms with Crippen molar-refractivity contribution < 1.29 is 4.39 Å². The van der Waals surface area contributed by atoms with Crippen molar-refractivity contribution in [3.8, 4) is 0 Å². The molecule has 2 rings (SSSR count). The van der Waals surface area contributed by atoms with Crippen LogP contribution in [-0.2, 0) is 7.05 Å². The number of hydrogen-bond acceptors (Lipinski definition) is 1. The van der Waals surface area contributed by atoms with Crippen LogP contribution in [0.2, 0.25) is 0 Å². The average molecular weight is 202 g/mol. The molecule has 76 valence electrons. The zero-order valence-corrected chi connectivity index (χ0v) is 8.39. The van der Waals surface area contributed by atoms with Gasteiger partial charge in [-0.25, -0.2) is 4.39 Å². The lowest BCUT2D eigenvalue weighted by molar-refractivity contribution is 0.630. The summed E-state index contributed by atoms with van der Waals surface area (Å²) >= 11 is 0. The van der Waals surface area contributed by atoms with Crippen molar-refractivity contribution in [3.05, 3.63) is 54.1 Å². The molecular weight excluding hydrogens is 191 g/mol. The van der Waals surface area contributed by atoms with Crippen molar-refractivity contribution in [2.24, 2.45) is 12.0 Å². The Morgan fingerprint density at radius 1 is 1.27 bits per heavy atom. The van der Waals surface area contributed by atoms with Crippen LogP contribution in [0.4, 0.5) is 10.1 Å². The predicted octanol–water partition coefficient (Wildman–Crippen LogP) is 2.91. The maximum atomic E-state index is 13.2. The molecule has 0 aliphatic heterocycles. The highest BCUT2D eigenvalue weighted by molar-refractivity contribution is 5.81. The smallest absolute Gasteiger partial charge is 0.148 e. The van der Waals surface area contributed by atoms with Crippen molar-refractivity contribution >= 4 is 11.9 Å². The summed E-state index contributed by atoms with van der Waals surface area (Å²) in [7, 11) is 1.93. The van der Waals surface area contributed by atoms with Crippen LogP contribution in [0.15, 0.2) is 47.7 Å². The van der Waals surface area contributed by atoms with Gasteiger partial charge < -0.3 is 4.57 Å². The molecule has 0 radical (unpaired) electrons. The summed E-state index contributed by atoms with van der Waals surface area (Å²) in [5, 5.41) is 0. The van der Waals surface area contributed by atoms with E-state index in [4.69, 9.17) is 0 Å². The molecular formula is C12H11FN2. The summed E-state index contributed by atoms with van der Waals surface area (Å²) in [6.45, 7) is 0. The third-order valence-electron chi connectivity index (χ3n) is 2.06. The Balaban J connectivity index is 2.22. The van der Waals surface area contributed by atoms with Gasteiger partial charge in [-0.2, -0.15) is 0 Å². The highest BCUT2D eigenvalue weighted by atomic mass is 19.1. The minimum atomic E-state index is -0.301.